The van der Waals surface area contributed by atoms with Crippen LogP contribution in [0.3, 0.4) is 0 Å². The second-order valence-corrected chi connectivity index (χ2v) is 4.86. The summed E-state index contributed by atoms with van der Waals surface area (Å²) in [6, 6.07) is 6.74. The van der Waals surface area contributed by atoms with E-state index < -0.39 is 0 Å². The molecular weight excluding hydrogens is 196 g/mol. The van der Waals surface area contributed by atoms with Crippen molar-refractivity contribution in [3.05, 3.63) is 29.7 Å². The summed E-state index contributed by atoms with van der Waals surface area (Å²) in [7, 11) is 0. The highest BCUT2D eigenvalue weighted by Gasteiger charge is 2.03. The van der Waals surface area contributed by atoms with Gasteiger partial charge in [-0.15, -0.1) is 23.5 Å². The predicted octanol–water partition coefficient (Wildman–Crippen LogP) is 4.09. The van der Waals surface area contributed by atoms with Crippen LogP contribution in [0.15, 0.2) is 28.0 Å². The van der Waals surface area contributed by atoms with Crippen LogP contribution in [0, 0.1) is 5.92 Å². The summed E-state index contributed by atoms with van der Waals surface area (Å²) in [6.45, 7) is 4.31. The second-order valence-electron chi connectivity index (χ2n) is 3.10. The average Bonchev–Trinajstić information content (AvgIpc) is 2.16. The van der Waals surface area contributed by atoms with Crippen LogP contribution in [0.1, 0.15) is 19.4 Å². The molecule has 0 heterocycles. The molecule has 0 spiro atoms. The summed E-state index contributed by atoms with van der Waals surface area (Å²) < 4.78 is 0. The Kier molecular flexibility index (Phi) is 4.20. The molecule has 0 saturated heterocycles. The van der Waals surface area contributed by atoms with Crippen molar-refractivity contribution in [2.45, 2.75) is 23.6 Å². The topological polar surface area (TPSA) is 0 Å². The molecule has 13 heavy (non-hydrogen) atoms. The van der Waals surface area contributed by atoms with Crippen molar-refractivity contribution in [2.24, 2.45) is 0 Å². The zero-order valence-electron chi connectivity index (χ0n) is 8.55. The van der Waals surface area contributed by atoms with Crippen LogP contribution < -0.4 is 0 Å². The molecule has 0 aliphatic heterocycles. The molecule has 0 N–H and O–H groups in total. The van der Waals surface area contributed by atoms with Crippen molar-refractivity contribution in [1.29, 1.82) is 0 Å². The minimum Gasteiger partial charge on any atom is -0.130 e. The van der Waals surface area contributed by atoms with Gasteiger partial charge in [0.1, 0.15) is 0 Å². The SMILES string of the molecule is CSc1cc(SC)cc([C](C)C)c1. The summed E-state index contributed by atoms with van der Waals surface area (Å²) >= 11 is 3.61. The fraction of sp³-hybridized carbons (Fsp3) is 0.364. The van der Waals surface area contributed by atoms with Crippen LogP contribution in [0.2, 0.25) is 0 Å². The van der Waals surface area contributed by atoms with Crippen LogP contribution >= 0.6 is 23.5 Å². The maximum absolute atomic E-state index is 2.25. The molecular formula is C11H15S2. The molecule has 0 atom stereocenters. The smallest absolute Gasteiger partial charge is 0.00832 e. The van der Waals surface area contributed by atoms with Crippen molar-refractivity contribution in [2.75, 3.05) is 12.5 Å². The predicted molar refractivity (Wildman–Crippen MR) is 63.7 cm³/mol. The number of thioether (sulfide) groups is 2. The third-order valence-corrected chi connectivity index (χ3v) is 3.34. The normalized spacial score (nSPS) is 10.8. The molecule has 0 nitrogen and oxygen atoms in total. The lowest BCUT2D eigenvalue weighted by molar-refractivity contribution is 1.11. The van der Waals surface area contributed by atoms with E-state index in [0.29, 0.717) is 0 Å². The third-order valence-electron chi connectivity index (χ3n) is 1.93. The summed E-state index contributed by atoms with van der Waals surface area (Å²) in [6.07, 6.45) is 4.24. The summed E-state index contributed by atoms with van der Waals surface area (Å²) in [5.74, 6) is 1.38. The van der Waals surface area contributed by atoms with E-state index in [-0.39, 0.29) is 0 Å². The third kappa shape index (κ3) is 2.96. The van der Waals surface area contributed by atoms with Gasteiger partial charge in [-0.3, -0.25) is 0 Å². The van der Waals surface area contributed by atoms with E-state index in [4.69, 9.17) is 0 Å². The molecule has 0 saturated carbocycles. The van der Waals surface area contributed by atoms with E-state index in [1.165, 1.54) is 21.3 Å². The van der Waals surface area contributed by atoms with Crippen molar-refractivity contribution >= 4 is 23.5 Å². The monoisotopic (exact) mass is 211 g/mol. The van der Waals surface area contributed by atoms with Crippen molar-refractivity contribution < 1.29 is 0 Å². The number of hydrogen-bond acceptors (Lipinski definition) is 2. The Morgan fingerprint density at radius 3 is 1.69 bits per heavy atom. The Labute approximate surface area is 89.5 Å². The molecule has 1 aromatic carbocycles. The maximum Gasteiger partial charge on any atom is 0.00832 e. The van der Waals surface area contributed by atoms with Crippen molar-refractivity contribution in [1.82, 2.24) is 0 Å². The van der Waals surface area contributed by atoms with E-state index in [1.807, 2.05) is 0 Å². The highest BCUT2D eigenvalue weighted by molar-refractivity contribution is 7.99. The molecule has 1 rings (SSSR count). The highest BCUT2D eigenvalue weighted by atomic mass is 32.2. The molecule has 2 heteroatoms. The number of hydrogen-bond donors (Lipinski definition) is 0. The Bertz CT molecular complexity index is 257. The molecule has 0 aromatic heterocycles. The first-order valence-corrected chi connectivity index (χ1v) is 6.66. The van der Waals surface area contributed by atoms with Crippen molar-refractivity contribution in [3.8, 4) is 0 Å². The van der Waals surface area contributed by atoms with Gasteiger partial charge in [-0.25, -0.2) is 0 Å². The lowest BCUT2D eigenvalue weighted by atomic mass is 10.0. The maximum atomic E-state index is 2.25. The molecule has 0 aliphatic carbocycles. The number of benzene rings is 1. The Hall–Kier alpha value is -0.0800. The second kappa shape index (κ2) is 4.97. The van der Waals surface area contributed by atoms with Crippen LogP contribution in [0.4, 0.5) is 0 Å². The van der Waals surface area contributed by atoms with E-state index in [0.717, 1.165) is 0 Å². The van der Waals surface area contributed by atoms with Crippen molar-refractivity contribution in [3.63, 3.8) is 0 Å². The largest absolute Gasteiger partial charge is 0.130 e. The van der Waals surface area contributed by atoms with Gasteiger partial charge in [0.05, 0.1) is 0 Å². The molecule has 1 radical (unpaired) electrons. The highest BCUT2D eigenvalue weighted by Crippen LogP contribution is 2.27. The molecule has 0 amide bonds. The Balaban J connectivity index is 3.07. The van der Waals surface area contributed by atoms with Crippen LogP contribution in [0.5, 0.6) is 0 Å². The lowest BCUT2D eigenvalue weighted by Crippen LogP contribution is -1.89. The van der Waals surface area contributed by atoms with Gasteiger partial charge < -0.3 is 0 Å². The van der Waals surface area contributed by atoms with E-state index >= 15 is 0 Å². The number of rotatable bonds is 3. The lowest BCUT2D eigenvalue weighted by Gasteiger charge is -2.08. The zero-order chi connectivity index (χ0) is 9.84. The quantitative estimate of drug-likeness (QED) is 0.691. The van der Waals surface area contributed by atoms with Gasteiger partial charge in [-0.1, -0.05) is 13.8 Å². The van der Waals surface area contributed by atoms with Gasteiger partial charge in [-0.05, 0) is 42.2 Å². The Morgan fingerprint density at radius 1 is 0.923 bits per heavy atom. The minimum atomic E-state index is 1.35. The fourth-order valence-corrected chi connectivity index (χ4v) is 2.15. The fourth-order valence-electron chi connectivity index (χ4n) is 1.10. The summed E-state index contributed by atoms with van der Waals surface area (Å²) in [5.41, 5.74) is 1.36. The van der Waals surface area contributed by atoms with Gasteiger partial charge in [0.25, 0.3) is 0 Å². The minimum absolute atomic E-state index is 1.35. The van der Waals surface area contributed by atoms with Gasteiger partial charge in [-0.2, -0.15) is 0 Å². The van der Waals surface area contributed by atoms with Gasteiger partial charge in [0.2, 0.25) is 0 Å². The van der Waals surface area contributed by atoms with E-state index in [2.05, 4.69) is 44.6 Å². The van der Waals surface area contributed by atoms with Crippen LogP contribution in [0.25, 0.3) is 0 Å². The first-order valence-electron chi connectivity index (χ1n) is 4.21. The van der Waals surface area contributed by atoms with Gasteiger partial charge in [0.15, 0.2) is 0 Å². The van der Waals surface area contributed by atoms with E-state index in [1.54, 1.807) is 23.5 Å². The Morgan fingerprint density at radius 2 is 1.38 bits per heavy atom. The van der Waals surface area contributed by atoms with Crippen LogP contribution in [-0.2, 0) is 0 Å². The summed E-state index contributed by atoms with van der Waals surface area (Å²) in [5, 5.41) is 0. The molecule has 1 aromatic rings. The molecule has 0 bridgehead atoms. The van der Waals surface area contributed by atoms with Gasteiger partial charge in [0, 0.05) is 9.79 Å². The first-order chi connectivity index (χ1) is 6.17. The molecule has 71 valence electrons. The summed E-state index contributed by atoms with van der Waals surface area (Å²) in [4.78, 5) is 2.70. The zero-order valence-corrected chi connectivity index (χ0v) is 10.2. The molecule has 0 fully saturated rings. The average molecular weight is 211 g/mol. The van der Waals surface area contributed by atoms with E-state index in [9.17, 15) is 0 Å². The molecule has 0 aliphatic rings. The molecule has 0 unspecified atom stereocenters. The first kappa shape index (κ1) is 11.0. The van der Waals surface area contributed by atoms with Gasteiger partial charge >= 0.3 is 0 Å². The van der Waals surface area contributed by atoms with Crippen LogP contribution in [-0.4, -0.2) is 12.5 Å². The standard InChI is InChI=1S/C11H15S2/c1-8(2)9-5-10(12-3)7-11(6-9)13-4/h5-7H,1-4H3.